The van der Waals surface area contributed by atoms with E-state index in [0.717, 1.165) is 17.8 Å². The summed E-state index contributed by atoms with van der Waals surface area (Å²) < 4.78 is 5.03. The fraction of sp³-hybridized carbons (Fsp3) is 1.00. The summed E-state index contributed by atoms with van der Waals surface area (Å²) in [5, 5.41) is 0. The predicted octanol–water partition coefficient (Wildman–Crippen LogP) is 7.21. The Morgan fingerprint density at radius 2 is 0.800 bits per heavy atom. The van der Waals surface area contributed by atoms with E-state index in [9.17, 15) is 0 Å². The Morgan fingerprint density at radius 3 is 1.00 bits per heavy atom. The Hall–Kier alpha value is 1.09. The zero-order valence-corrected chi connectivity index (χ0v) is 18.7. The summed E-state index contributed by atoms with van der Waals surface area (Å²) in [5.41, 5.74) is 0. The van der Waals surface area contributed by atoms with Crippen LogP contribution in [-0.2, 0) is 0 Å². The molecule has 0 rings (SSSR count). The second-order valence-electron chi connectivity index (χ2n) is 7.61. The fourth-order valence-electron chi connectivity index (χ4n) is 2.66. The van der Waals surface area contributed by atoms with Gasteiger partial charge in [0.1, 0.15) is 0 Å². The quantitative estimate of drug-likeness (QED) is 0.298. The van der Waals surface area contributed by atoms with Crippen LogP contribution in [0, 0.1) is 17.8 Å². The van der Waals surface area contributed by atoms with Gasteiger partial charge in [-0.2, -0.15) is 0 Å². The smallest absolute Gasteiger partial charge is 0.147 e. The van der Waals surface area contributed by atoms with Crippen LogP contribution in [0.15, 0.2) is 0 Å². The molecule has 0 N–H and O–H groups in total. The second kappa shape index (κ2) is 15.0. The van der Waals surface area contributed by atoms with E-state index in [4.69, 9.17) is 0 Å². The molecular formula is C18H40ClSn. The molecular weight excluding hydrogens is 370 g/mol. The molecule has 0 unspecified atom stereocenters. The van der Waals surface area contributed by atoms with Crippen molar-refractivity contribution < 1.29 is 0 Å². The van der Waals surface area contributed by atoms with Crippen molar-refractivity contribution in [2.24, 2.45) is 17.8 Å². The number of hydrogen-bond acceptors (Lipinski definition) is 0. The molecule has 0 fully saturated rings. The van der Waals surface area contributed by atoms with E-state index >= 15 is 0 Å². The van der Waals surface area contributed by atoms with Crippen molar-refractivity contribution in [3.63, 3.8) is 0 Å². The topological polar surface area (TPSA) is 0 Å². The molecule has 0 atom stereocenters. The number of halogens is 1. The van der Waals surface area contributed by atoms with Gasteiger partial charge in [0, 0.05) is 0 Å². The molecule has 0 bridgehead atoms. The van der Waals surface area contributed by atoms with Crippen LogP contribution in [0.4, 0.5) is 0 Å². The molecule has 0 aromatic rings. The Bertz CT molecular complexity index is 157. The first-order valence-corrected chi connectivity index (χ1v) is 14.8. The molecule has 20 heavy (non-hydrogen) atoms. The molecule has 0 aliphatic heterocycles. The maximum absolute atomic E-state index is 2.38. The zero-order valence-electron chi connectivity index (χ0n) is 15.0. The molecule has 0 spiro atoms. The van der Waals surface area contributed by atoms with Crippen LogP contribution in [0.1, 0.15) is 80.1 Å². The molecule has 0 nitrogen and oxygen atoms in total. The summed E-state index contributed by atoms with van der Waals surface area (Å²) in [6.45, 7) is 14.3. The molecule has 1 radical (unpaired) electrons. The van der Waals surface area contributed by atoms with Crippen molar-refractivity contribution >= 4 is 32.2 Å². The van der Waals surface area contributed by atoms with E-state index in [0.29, 0.717) is 0 Å². The molecule has 0 aromatic heterocycles. The minimum atomic E-state index is -1.00. The van der Waals surface area contributed by atoms with E-state index in [1.807, 2.05) is 0 Å². The summed E-state index contributed by atoms with van der Waals surface area (Å²) in [6, 6.07) is 0. The van der Waals surface area contributed by atoms with Crippen LogP contribution in [0.2, 0.25) is 13.3 Å². The minimum absolute atomic E-state index is 0. The van der Waals surface area contributed by atoms with E-state index in [-0.39, 0.29) is 12.4 Å². The van der Waals surface area contributed by atoms with Gasteiger partial charge in [-0.3, -0.25) is 0 Å². The van der Waals surface area contributed by atoms with Crippen molar-refractivity contribution in [3.05, 3.63) is 0 Å². The first-order chi connectivity index (χ1) is 8.91. The molecule has 2 heteroatoms. The largest absolute Gasteiger partial charge is 0.147 e. The van der Waals surface area contributed by atoms with Crippen molar-refractivity contribution in [2.45, 2.75) is 93.4 Å². The second-order valence-corrected chi connectivity index (χ2v) is 16.2. The third-order valence-electron chi connectivity index (χ3n) is 3.94. The summed E-state index contributed by atoms with van der Waals surface area (Å²) in [5.74, 6) is 2.74. The molecule has 0 aliphatic carbocycles. The van der Waals surface area contributed by atoms with Gasteiger partial charge in [-0.05, 0) is 0 Å². The van der Waals surface area contributed by atoms with Gasteiger partial charge in [0.25, 0.3) is 0 Å². The molecule has 0 aliphatic rings. The first kappa shape index (κ1) is 23.4. The molecule has 123 valence electrons. The molecule has 0 amide bonds. The van der Waals surface area contributed by atoms with Crippen LogP contribution in [-0.4, -0.2) is 19.8 Å². The number of hydrogen-bond donors (Lipinski definition) is 0. The Morgan fingerprint density at radius 1 is 0.550 bits per heavy atom. The van der Waals surface area contributed by atoms with E-state index in [1.165, 1.54) is 38.5 Å². The zero-order chi connectivity index (χ0) is 14.7. The predicted molar refractivity (Wildman–Crippen MR) is 99.6 cm³/mol. The van der Waals surface area contributed by atoms with E-state index < -0.39 is 19.8 Å². The maximum atomic E-state index is 2.38. The SMILES string of the molecule is CC(C)CC[CH2][Sn]([CH2]CCC(C)C)[CH2]CCC(C)C.Cl. The third-order valence-corrected chi connectivity index (χ3v) is 13.0. The van der Waals surface area contributed by atoms with E-state index in [1.54, 1.807) is 13.3 Å². The molecule has 0 saturated heterocycles. The van der Waals surface area contributed by atoms with Gasteiger partial charge in [-0.1, -0.05) is 0 Å². The number of rotatable bonds is 12. The summed E-state index contributed by atoms with van der Waals surface area (Å²) in [7, 11) is 0. The van der Waals surface area contributed by atoms with Gasteiger partial charge < -0.3 is 0 Å². The standard InChI is InChI=1S/3C6H13.ClH.Sn/c3*1-4-5-6(2)3;;/h3*6H,1,4-5H2,2-3H3;1H;. The molecule has 0 heterocycles. The van der Waals surface area contributed by atoms with Gasteiger partial charge >= 0.3 is 131 Å². The van der Waals surface area contributed by atoms with Crippen LogP contribution < -0.4 is 0 Å². The van der Waals surface area contributed by atoms with E-state index in [2.05, 4.69) is 41.5 Å². The van der Waals surface area contributed by atoms with Crippen LogP contribution in [0.3, 0.4) is 0 Å². The van der Waals surface area contributed by atoms with Crippen molar-refractivity contribution in [1.29, 1.82) is 0 Å². The normalized spacial score (nSPS) is 11.7. The summed E-state index contributed by atoms with van der Waals surface area (Å²) in [4.78, 5) is 0. The first-order valence-electron chi connectivity index (χ1n) is 8.75. The van der Waals surface area contributed by atoms with Crippen molar-refractivity contribution in [2.75, 3.05) is 0 Å². The van der Waals surface area contributed by atoms with Gasteiger partial charge in [-0.25, -0.2) is 0 Å². The fourth-order valence-corrected chi connectivity index (χ4v) is 10.8. The van der Waals surface area contributed by atoms with Crippen molar-refractivity contribution in [3.8, 4) is 0 Å². The van der Waals surface area contributed by atoms with Gasteiger partial charge in [0.2, 0.25) is 0 Å². The Balaban J connectivity index is 0. The van der Waals surface area contributed by atoms with Gasteiger partial charge in [0.05, 0.1) is 0 Å². The Labute approximate surface area is 143 Å². The average molecular weight is 411 g/mol. The average Bonchev–Trinajstić information content (AvgIpc) is 2.26. The molecule has 0 saturated carbocycles. The monoisotopic (exact) mass is 411 g/mol. The summed E-state index contributed by atoms with van der Waals surface area (Å²) in [6.07, 6.45) is 9.02. The third kappa shape index (κ3) is 17.1. The van der Waals surface area contributed by atoms with Crippen LogP contribution in [0.5, 0.6) is 0 Å². The molecule has 0 aromatic carbocycles. The maximum Gasteiger partial charge on any atom is -0.147 e. The van der Waals surface area contributed by atoms with Gasteiger partial charge in [-0.15, -0.1) is 12.4 Å². The minimum Gasteiger partial charge on any atom is -0.147 e. The van der Waals surface area contributed by atoms with Crippen LogP contribution in [0.25, 0.3) is 0 Å². The van der Waals surface area contributed by atoms with Crippen LogP contribution >= 0.6 is 12.4 Å². The van der Waals surface area contributed by atoms with Crippen molar-refractivity contribution in [1.82, 2.24) is 0 Å². The Kier molecular flexibility index (Phi) is 17.5. The summed E-state index contributed by atoms with van der Waals surface area (Å²) >= 11 is -1.00. The van der Waals surface area contributed by atoms with Gasteiger partial charge in [0.15, 0.2) is 0 Å².